The number of hydrogen-bond donors (Lipinski definition) is 1. The number of fused-ring (bicyclic) bond motifs is 1. The van der Waals surface area contributed by atoms with Crippen molar-refractivity contribution in [2.75, 3.05) is 26.2 Å². The molecule has 1 aliphatic heterocycles. The van der Waals surface area contributed by atoms with Crippen LogP contribution in [0.3, 0.4) is 0 Å². The zero-order chi connectivity index (χ0) is 12.7. The van der Waals surface area contributed by atoms with Gasteiger partial charge in [0.25, 0.3) is 0 Å². The van der Waals surface area contributed by atoms with Crippen molar-refractivity contribution in [3.8, 4) is 0 Å². The van der Waals surface area contributed by atoms with Crippen molar-refractivity contribution >= 4 is 0 Å². The molecule has 1 heterocycles. The maximum Gasteiger partial charge on any atom is 0.0357 e. The molecule has 0 saturated carbocycles. The fourth-order valence-corrected chi connectivity index (χ4v) is 3.88. The Bertz CT molecular complexity index is 447. The van der Waals surface area contributed by atoms with Crippen LogP contribution in [0.25, 0.3) is 0 Å². The molecule has 0 radical (unpaired) electrons. The molecule has 0 spiro atoms. The Balaban J connectivity index is 1.97. The van der Waals surface area contributed by atoms with Crippen molar-refractivity contribution in [1.29, 1.82) is 0 Å². The Kier molecular flexibility index (Phi) is 3.16. The first-order valence-electron chi connectivity index (χ1n) is 7.22. The highest BCUT2D eigenvalue weighted by atomic mass is 15.2. The number of rotatable bonds is 1. The second-order valence-corrected chi connectivity index (χ2v) is 6.02. The summed E-state index contributed by atoms with van der Waals surface area (Å²) in [4.78, 5) is 2.68. The fourth-order valence-electron chi connectivity index (χ4n) is 3.88. The number of piperazine rings is 1. The first-order chi connectivity index (χ1) is 8.66. The van der Waals surface area contributed by atoms with Gasteiger partial charge in [0, 0.05) is 32.2 Å². The Morgan fingerprint density at radius 1 is 1.17 bits per heavy atom. The minimum absolute atomic E-state index is 0.663. The van der Waals surface area contributed by atoms with E-state index in [0.717, 1.165) is 19.0 Å². The lowest BCUT2D eigenvalue weighted by atomic mass is 9.96. The molecule has 1 aliphatic carbocycles. The molecule has 0 aromatic heterocycles. The topological polar surface area (TPSA) is 15.3 Å². The van der Waals surface area contributed by atoms with Crippen LogP contribution < -0.4 is 5.32 Å². The molecule has 2 unspecified atom stereocenters. The normalized spacial score (nSPS) is 28.4. The van der Waals surface area contributed by atoms with Gasteiger partial charge in [0.1, 0.15) is 0 Å². The van der Waals surface area contributed by atoms with Crippen molar-refractivity contribution in [2.24, 2.45) is 0 Å². The molecule has 98 valence electrons. The van der Waals surface area contributed by atoms with Crippen LogP contribution in [-0.2, 0) is 0 Å². The van der Waals surface area contributed by atoms with Crippen molar-refractivity contribution < 1.29 is 0 Å². The average molecular weight is 244 g/mol. The second kappa shape index (κ2) is 4.67. The highest BCUT2D eigenvalue weighted by molar-refractivity contribution is 5.45. The Labute approximate surface area is 110 Å². The van der Waals surface area contributed by atoms with E-state index in [4.69, 9.17) is 0 Å². The summed E-state index contributed by atoms with van der Waals surface area (Å²) in [6, 6.07) is 5.43. The summed E-state index contributed by atoms with van der Waals surface area (Å²) in [6.45, 7) is 11.6. The molecule has 2 aliphatic rings. The van der Waals surface area contributed by atoms with Crippen LogP contribution in [0.1, 0.15) is 47.6 Å². The summed E-state index contributed by atoms with van der Waals surface area (Å²) in [5, 5.41) is 3.45. The summed E-state index contributed by atoms with van der Waals surface area (Å²) in [6.07, 6.45) is 1.31. The van der Waals surface area contributed by atoms with Crippen LogP contribution in [0.5, 0.6) is 0 Å². The predicted octanol–water partition coefficient (Wildman–Crippen LogP) is 2.76. The van der Waals surface area contributed by atoms with E-state index in [1.165, 1.54) is 30.6 Å². The number of aryl methyl sites for hydroxylation is 2. The van der Waals surface area contributed by atoms with E-state index < -0.39 is 0 Å². The molecular formula is C16H24N2. The van der Waals surface area contributed by atoms with E-state index in [-0.39, 0.29) is 0 Å². The van der Waals surface area contributed by atoms with Crippen LogP contribution in [-0.4, -0.2) is 31.1 Å². The predicted molar refractivity (Wildman–Crippen MR) is 76.1 cm³/mol. The third-order valence-corrected chi connectivity index (χ3v) is 4.58. The summed E-state index contributed by atoms with van der Waals surface area (Å²) >= 11 is 0. The van der Waals surface area contributed by atoms with Crippen LogP contribution in [0, 0.1) is 13.8 Å². The van der Waals surface area contributed by atoms with Crippen molar-refractivity contribution in [2.45, 2.75) is 39.2 Å². The number of benzene rings is 1. The molecule has 1 aromatic carbocycles. The number of hydrogen-bond acceptors (Lipinski definition) is 2. The van der Waals surface area contributed by atoms with E-state index in [1.54, 1.807) is 11.1 Å². The molecule has 1 saturated heterocycles. The van der Waals surface area contributed by atoms with E-state index in [0.29, 0.717) is 6.04 Å². The largest absolute Gasteiger partial charge is 0.314 e. The summed E-state index contributed by atoms with van der Waals surface area (Å²) in [7, 11) is 0. The number of nitrogens with one attached hydrogen (secondary N) is 1. The fraction of sp³-hybridized carbons (Fsp3) is 0.625. The van der Waals surface area contributed by atoms with Crippen LogP contribution in [0.2, 0.25) is 0 Å². The molecular weight excluding hydrogens is 220 g/mol. The monoisotopic (exact) mass is 244 g/mol. The smallest absolute Gasteiger partial charge is 0.0357 e. The minimum atomic E-state index is 0.663. The van der Waals surface area contributed by atoms with Gasteiger partial charge in [-0.1, -0.05) is 24.6 Å². The molecule has 2 nitrogen and oxygen atoms in total. The Hall–Kier alpha value is -0.860. The van der Waals surface area contributed by atoms with Gasteiger partial charge in [-0.05, 0) is 42.9 Å². The maximum atomic E-state index is 3.45. The van der Waals surface area contributed by atoms with Gasteiger partial charge >= 0.3 is 0 Å². The van der Waals surface area contributed by atoms with Gasteiger partial charge in [-0.25, -0.2) is 0 Å². The first-order valence-corrected chi connectivity index (χ1v) is 7.22. The van der Waals surface area contributed by atoms with Crippen LogP contribution in [0.4, 0.5) is 0 Å². The van der Waals surface area contributed by atoms with Gasteiger partial charge in [-0.15, -0.1) is 0 Å². The minimum Gasteiger partial charge on any atom is -0.314 e. The van der Waals surface area contributed by atoms with Crippen molar-refractivity contribution in [1.82, 2.24) is 10.2 Å². The lowest BCUT2D eigenvalue weighted by molar-refractivity contribution is 0.170. The van der Waals surface area contributed by atoms with Gasteiger partial charge in [-0.2, -0.15) is 0 Å². The number of nitrogens with zero attached hydrogens (tertiary/aromatic N) is 1. The average Bonchev–Trinajstić information content (AvgIpc) is 2.67. The lowest BCUT2D eigenvalue weighted by Gasteiger charge is -2.33. The third kappa shape index (κ3) is 1.98. The van der Waals surface area contributed by atoms with Gasteiger partial charge in [0.05, 0.1) is 0 Å². The molecule has 3 rings (SSSR count). The third-order valence-electron chi connectivity index (χ3n) is 4.58. The standard InChI is InChI=1S/C16H24N2/c1-11-8-12(2)16-13(3)10-15(14(16)9-11)18-6-4-17-5-7-18/h8-9,13,15,17H,4-7,10H2,1-3H3. The zero-order valence-electron chi connectivity index (χ0n) is 11.8. The second-order valence-electron chi connectivity index (χ2n) is 6.02. The zero-order valence-corrected chi connectivity index (χ0v) is 11.8. The van der Waals surface area contributed by atoms with Crippen LogP contribution >= 0.6 is 0 Å². The van der Waals surface area contributed by atoms with Gasteiger partial charge in [-0.3, -0.25) is 4.90 Å². The van der Waals surface area contributed by atoms with Gasteiger partial charge in [0.2, 0.25) is 0 Å². The molecule has 2 atom stereocenters. The van der Waals surface area contributed by atoms with E-state index in [9.17, 15) is 0 Å². The Morgan fingerprint density at radius 2 is 1.89 bits per heavy atom. The highest BCUT2D eigenvalue weighted by Crippen LogP contribution is 2.45. The first kappa shape index (κ1) is 12.2. The molecule has 2 heteroatoms. The highest BCUT2D eigenvalue weighted by Gasteiger charge is 2.33. The van der Waals surface area contributed by atoms with Crippen molar-refractivity contribution in [3.05, 3.63) is 34.4 Å². The van der Waals surface area contributed by atoms with Crippen molar-refractivity contribution in [3.63, 3.8) is 0 Å². The van der Waals surface area contributed by atoms with E-state index >= 15 is 0 Å². The molecule has 0 bridgehead atoms. The Morgan fingerprint density at radius 3 is 2.61 bits per heavy atom. The molecule has 1 N–H and O–H groups in total. The molecule has 1 fully saturated rings. The van der Waals surface area contributed by atoms with Crippen LogP contribution in [0.15, 0.2) is 12.1 Å². The van der Waals surface area contributed by atoms with Gasteiger partial charge < -0.3 is 5.32 Å². The summed E-state index contributed by atoms with van der Waals surface area (Å²) < 4.78 is 0. The SMILES string of the molecule is Cc1cc(C)c2c(c1)C(N1CCNCC1)CC2C. The summed E-state index contributed by atoms with van der Waals surface area (Å²) in [5.74, 6) is 0.723. The van der Waals surface area contributed by atoms with E-state index in [2.05, 4.69) is 43.1 Å². The summed E-state index contributed by atoms with van der Waals surface area (Å²) in [5.41, 5.74) is 6.15. The maximum absolute atomic E-state index is 3.45. The van der Waals surface area contributed by atoms with E-state index in [1.807, 2.05) is 0 Å². The van der Waals surface area contributed by atoms with Gasteiger partial charge in [0.15, 0.2) is 0 Å². The molecule has 18 heavy (non-hydrogen) atoms. The quantitative estimate of drug-likeness (QED) is 0.817. The molecule has 1 aromatic rings. The lowest BCUT2D eigenvalue weighted by Crippen LogP contribution is -2.44. The molecule has 0 amide bonds.